The molecule has 1 saturated carbocycles. The molecule has 2 aromatic rings. The highest BCUT2D eigenvalue weighted by atomic mass is 35.5. The third-order valence-corrected chi connectivity index (χ3v) is 5.15. The first kappa shape index (κ1) is 15.4. The van der Waals surface area contributed by atoms with Gasteiger partial charge in [0, 0.05) is 6.20 Å². The predicted molar refractivity (Wildman–Crippen MR) is 90.7 cm³/mol. The molecule has 24 heavy (non-hydrogen) atoms. The summed E-state index contributed by atoms with van der Waals surface area (Å²) in [4.78, 5) is 26.8. The highest BCUT2D eigenvalue weighted by Crippen LogP contribution is 2.40. The van der Waals surface area contributed by atoms with Gasteiger partial charge in [0.25, 0.3) is 0 Å². The van der Waals surface area contributed by atoms with Crippen molar-refractivity contribution >= 4 is 29.1 Å². The summed E-state index contributed by atoms with van der Waals surface area (Å²) in [5, 5.41) is 4.75. The molecule has 5 nitrogen and oxygen atoms in total. The first-order valence-electron chi connectivity index (χ1n) is 8.28. The minimum Gasteiger partial charge on any atom is -0.274 e. The van der Waals surface area contributed by atoms with E-state index < -0.39 is 0 Å². The van der Waals surface area contributed by atoms with Crippen LogP contribution in [-0.2, 0) is 16.1 Å². The van der Waals surface area contributed by atoms with Gasteiger partial charge in [-0.3, -0.25) is 19.2 Å². The monoisotopic (exact) mass is 343 g/mol. The molecule has 2 heterocycles. The fourth-order valence-electron chi connectivity index (χ4n) is 3.82. The number of halogens is 1. The van der Waals surface area contributed by atoms with Crippen LogP contribution in [0.15, 0.2) is 36.7 Å². The summed E-state index contributed by atoms with van der Waals surface area (Å²) in [6, 6.07) is 7.55. The van der Waals surface area contributed by atoms with Gasteiger partial charge in [-0.2, -0.15) is 5.10 Å². The molecule has 4 rings (SSSR count). The quantitative estimate of drug-likeness (QED) is 0.804. The van der Waals surface area contributed by atoms with E-state index in [-0.39, 0.29) is 23.7 Å². The molecule has 0 N–H and O–H groups in total. The molecule has 0 radical (unpaired) electrons. The number of fused-ring (bicyclic) bond motifs is 1. The smallest absolute Gasteiger partial charge is 0.237 e. The Morgan fingerprint density at radius 2 is 1.83 bits per heavy atom. The Morgan fingerprint density at radius 1 is 1.12 bits per heavy atom. The highest BCUT2D eigenvalue weighted by molar-refractivity contribution is 6.30. The zero-order chi connectivity index (χ0) is 16.7. The van der Waals surface area contributed by atoms with Crippen molar-refractivity contribution in [2.75, 3.05) is 4.90 Å². The Bertz CT molecular complexity index is 777. The van der Waals surface area contributed by atoms with Crippen molar-refractivity contribution in [3.8, 4) is 0 Å². The van der Waals surface area contributed by atoms with E-state index in [2.05, 4.69) is 5.10 Å². The minimum atomic E-state index is -0.125. The third-order valence-electron chi connectivity index (χ3n) is 4.96. The molecule has 1 aromatic carbocycles. The Kier molecular flexibility index (Phi) is 3.88. The minimum absolute atomic E-state index is 0.0380. The number of rotatable bonds is 3. The van der Waals surface area contributed by atoms with Crippen LogP contribution in [0.4, 0.5) is 5.69 Å². The van der Waals surface area contributed by atoms with Crippen LogP contribution in [-0.4, -0.2) is 21.6 Å². The van der Waals surface area contributed by atoms with Crippen LogP contribution in [0, 0.1) is 11.8 Å². The number of hydrogen-bond donors (Lipinski definition) is 0. The number of amides is 2. The van der Waals surface area contributed by atoms with Crippen LogP contribution in [0.3, 0.4) is 0 Å². The van der Waals surface area contributed by atoms with Gasteiger partial charge in [-0.15, -0.1) is 0 Å². The molecule has 0 bridgehead atoms. The Morgan fingerprint density at radius 3 is 2.46 bits per heavy atom. The number of carbonyl (C=O) groups excluding carboxylic acids is 2. The molecule has 2 aliphatic rings. The van der Waals surface area contributed by atoms with Gasteiger partial charge >= 0.3 is 0 Å². The molecule has 2 atom stereocenters. The van der Waals surface area contributed by atoms with E-state index in [1.165, 1.54) is 4.90 Å². The van der Waals surface area contributed by atoms with Gasteiger partial charge in [0.2, 0.25) is 11.8 Å². The van der Waals surface area contributed by atoms with Crippen LogP contribution in [0.5, 0.6) is 0 Å². The lowest BCUT2D eigenvalue weighted by atomic mass is 9.81. The van der Waals surface area contributed by atoms with E-state index in [1.54, 1.807) is 17.1 Å². The summed E-state index contributed by atoms with van der Waals surface area (Å²) < 4.78 is 1.73. The van der Waals surface area contributed by atoms with Crippen LogP contribution >= 0.6 is 11.6 Å². The van der Waals surface area contributed by atoms with Crippen LogP contribution in [0.1, 0.15) is 31.2 Å². The average molecular weight is 344 g/mol. The van der Waals surface area contributed by atoms with Crippen molar-refractivity contribution in [2.45, 2.75) is 32.2 Å². The SMILES string of the molecule is O=C1[C@H]2CCCC[C@@H]2C(=O)N1c1cccc(Cn2cc(Cl)cn2)c1. The second-order valence-corrected chi connectivity index (χ2v) is 6.97. The topological polar surface area (TPSA) is 55.2 Å². The van der Waals surface area contributed by atoms with Gasteiger partial charge in [-0.1, -0.05) is 36.6 Å². The number of carbonyl (C=O) groups is 2. The molecule has 1 aromatic heterocycles. The number of anilines is 1. The molecule has 0 unspecified atom stereocenters. The Hall–Kier alpha value is -2.14. The molecule has 1 aliphatic carbocycles. The van der Waals surface area contributed by atoms with Gasteiger partial charge in [0.05, 0.1) is 35.3 Å². The first-order valence-corrected chi connectivity index (χ1v) is 8.66. The Labute approximate surface area is 145 Å². The lowest BCUT2D eigenvalue weighted by molar-refractivity contribution is -0.122. The van der Waals surface area contributed by atoms with Gasteiger partial charge in [-0.05, 0) is 30.5 Å². The predicted octanol–water partition coefficient (Wildman–Crippen LogP) is 3.26. The number of imide groups is 1. The maximum atomic E-state index is 12.7. The van der Waals surface area contributed by atoms with Crippen LogP contribution < -0.4 is 4.90 Å². The molecule has 2 fully saturated rings. The van der Waals surface area contributed by atoms with E-state index in [4.69, 9.17) is 11.6 Å². The van der Waals surface area contributed by atoms with Crippen molar-refractivity contribution in [2.24, 2.45) is 11.8 Å². The third kappa shape index (κ3) is 2.63. The first-order chi connectivity index (χ1) is 11.6. The van der Waals surface area contributed by atoms with Gasteiger partial charge in [0.15, 0.2) is 0 Å². The molecule has 0 spiro atoms. The van der Waals surface area contributed by atoms with Crippen molar-refractivity contribution in [1.29, 1.82) is 0 Å². The normalized spacial score (nSPS) is 23.6. The van der Waals surface area contributed by atoms with E-state index in [1.807, 2.05) is 24.3 Å². The van der Waals surface area contributed by atoms with Crippen molar-refractivity contribution in [3.63, 3.8) is 0 Å². The maximum Gasteiger partial charge on any atom is 0.237 e. The highest BCUT2D eigenvalue weighted by Gasteiger charge is 2.48. The number of aromatic nitrogens is 2. The average Bonchev–Trinajstić information content (AvgIpc) is 3.10. The number of hydrogen-bond acceptors (Lipinski definition) is 3. The van der Waals surface area contributed by atoms with Crippen LogP contribution in [0.2, 0.25) is 5.02 Å². The van der Waals surface area contributed by atoms with Gasteiger partial charge in [-0.25, -0.2) is 0 Å². The summed E-state index contributed by atoms with van der Waals surface area (Å²) in [5.74, 6) is -0.326. The Balaban J connectivity index is 1.61. The zero-order valence-electron chi connectivity index (χ0n) is 13.2. The van der Waals surface area contributed by atoms with E-state index in [9.17, 15) is 9.59 Å². The van der Waals surface area contributed by atoms with E-state index in [0.29, 0.717) is 17.3 Å². The summed E-state index contributed by atoms with van der Waals surface area (Å²) >= 11 is 5.89. The van der Waals surface area contributed by atoms with Crippen molar-refractivity contribution < 1.29 is 9.59 Å². The molecule has 6 heteroatoms. The van der Waals surface area contributed by atoms with Gasteiger partial charge < -0.3 is 0 Å². The molecule has 1 aliphatic heterocycles. The lowest BCUT2D eigenvalue weighted by Gasteiger charge is -2.19. The zero-order valence-corrected chi connectivity index (χ0v) is 13.9. The van der Waals surface area contributed by atoms with Gasteiger partial charge in [0.1, 0.15) is 0 Å². The molecule has 2 amide bonds. The fourth-order valence-corrected chi connectivity index (χ4v) is 3.98. The summed E-state index contributed by atoms with van der Waals surface area (Å²) in [6.45, 7) is 0.545. The lowest BCUT2D eigenvalue weighted by Crippen LogP contribution is -2.30. The molecular weight excluding hydrogens is 326 g/mol. The molecular formula is C18H18ClN3O2. The van der Waals surface area contributed by atoms with Crippen molar-refractivity contribution in [3.05, 3.63) is 47.2 Å². The number of benzene rings is 1. The second kappa shape index (κ2) is 6.06. The summed E-state index contributed by atoms with van der Waals surface area (Å²) in [7, 11) is 0. The van der Waals surface area contributed by atoms with E-state index >= 15 is 0 Å². The van der Waals surface area contributed by atoms with Crippen molar-refractivity contribution in [1.82, 2.24) is 9.78 Å². The largest absolute Gasteiger partial charge is 0.274 e. The van der Waals surface area contributed by atoms with Crippen LogP contribution in [0.25, 0.3) is 0 Å². The molecule has 124 valence electrons. The van der Waals surface area contributed by atoms with E-state index in [0.717, 1.165) is 31.2 Å². The second-order valence-electron chi connectivity index (χ2n) is 6.54. The number of nitrogens with zero attached hydrogens (tertiary/aromatic N) is 3. The summed E-state index contributed by atoms with van der Waals surface area (Å²) in [6.07, 6.45) is 7.06. The standard InChI is InChI=1S/C18H18ClN3O2/c19-13-9-20-21(11-13)10-12-4-3-5-14(8-12)22-17(23)15-6-1-2-7-16(15)18(22)24/h3-5,8-9,11,15-16H,1-2,6-7,10H2/t15-,16-/m0/s1. The molecule has 1 saturated heterocycles. The maximum absolute atomic E-state index is 12.7. The summed E-state index contributed by atoms with van der Waals surface area (Å²) in [5.41, 5.74) is 1.64. The fraction of sp³-hybridized carbons (Fsp3) is 0.389.